The topological polar surface area (TPSA) is 85.1 Å². The smallest absolute Gasteiger partial charge is 0.416 e. The van der Waals surface area contributed by atoms with Crippen molar-refractivity contribution in [2.45, 2.75) is 6.18 Å². The van der Waals surface area contributed by atoms with E-state index in [9.17, 15) is 27.9 Å². The van der Waals surface area contributed by atoms with Crippen LogP contribution < -0.4 is 14.9 Å². The molecule has 1 aromatic carbocycles. The highest BCUT2D eigenvalue weighted by Crippen LogP contribution is 2.31. The first-order valence-corrected chi connectivity index (χ1v) is 7.45. The lowest BCUT2D eigenvalue weighted by atomic mass is 10.1. The molecular formula is C16H19F3N2O4. The van der Waals surface area contributed by atoms with Crippen molar-refractivity contribution >= 4 is 17.6 Å². The van der Waals surface area contributed by atoms with Crippen LogP contribution >= 0.6 is 0 Å². The number of likely N-dealkylation sites (N-methyl/N-ethyl adjacent to an activating group) is 1. The highest BCUT2D eigenvalue weighted by atomic mass is 19.4. The predicted octanol–water partition coefficient (Wildman–Crippen LogP) is -0.583. The molecule has 9 heteroatoms. The standard InChI is InChI=1S/C12H15F3N2.C4H4O4/c1-16-5-7-17(8-6-16)11-4-2-3-10(9-11)12(13,14)15;5-3(6)1-2-4(7)8/h2-4,9H,5-8H2,1H3;1-2H,(H,5,6)(H,7,8)/b;2-1-. The molecule has 0 radical (unpaired) electrons. The van der Waals surface area contributed by atoms with E-state index in [0.29, 0.717) is 17.8 Å². The zero-order valence-corrected chi connectivity index (χ0v) is 13.5. The summed E-state index contributed by atoms with van der Waals surface area (Å²) in [5.41, 5.74) is 0.105. The van der Waals surface area contributed by atoms with E-state index in [4.69, 9.17) is 5.11 Å². The third-order valence-corrected chi connectivity index (χ3v) is 3.52. The number of carbonyl (C=O) groups excluding carboxylic acids is 1. The van der Waals surface area contributed by atoms with Gasteiger partial charge < -0.3 is 24.8 Å². The lowest BCUT2D eigenvalue weighted by Gasteiger charge is -2.32. The van der Waals surface area contributed by atoms with Gasteiger partial charge in [-0.3, -0.25) is 0 Å². The molecule has 138 valence electrons. The Morgan fingerprint density at radius 1 is 1.24 bits per heavy atom. The van der Waals surface area contributed by atoms with Crippen LogP contribution in [0.1, 0.15) is 5.56 Å². The van der Waals surface area contributed by atoms with Crippen LogP contribution in [-0.2, 0) is 15.8 Å². The number of nitrogens with one attached hydrogen (secondary N) is 1. The summed E-state index contributed by atoms with van der Waals surface area (Å²) in [6, 6.07) is 5.57. The fraction of sp³-hybridized carbons (Fsp3) is 0.375. The molecule has 0 spiro atoms. The first-order chi connectivity index (χ1) is 11.6. The number of hydrogen-bond donors (Lipinski definition) is 2. The van der Waals surface area contributed by atoms with Gasteiger partial charge in [0.2, 0.25) is 0 Å². The third-order valence-electron chi connectivity index (χ3n) is 3.52. The van der Waals surface area contributed by atoms with Gasteiger partial charge in [-0.25, -0.2) is 4.79 Å². The van der Waals surface area contributed by atoms with E-state index in [-0.39, 0.29) is 0 Å². The molecule has 25 heavy (non-hydrogen) atoms. The number of piperazine rings is 1. The number of halogens is 3. The molecule has 2 N–H and O–H groups in total. The van der Waals surface area contributed by atoms with Gasteiger partial charge in [0.15, 0.2) is 0 Å². The maximum absolute atomic E-state index is 12.6. The Morgan fingerprint density at radius 2 is 1.84 bits per heavy atom. The van der Waals surface area contributed by atoms with Gasteiger partial charge >= 0.3 is 12.1 Å². The van der Waals surface area contributed by atoms with Gasteiger partial charge in [-0.05, 0) is 24.3 Å². The lowest BCUT2D eigenvalue weighted by Crippen LogP contribution is -3.12. The molecule has 0 saturated carbocycles. The van der Waals surface area contributed by atoms with Crippen molar-refractivity contribution in [1.82, 2.24) is 0 Å². The summed E-state index contributed by atoms with van der Waals surface area (Å²) in [6.07, 6.45) is -3.31. The van der Waals surface area contributed by atoms with Gasteiger partial charge in [-0.15, -0.1) is 0 Å². The average molecular weight is 360 g/mol. The Morgan fingerprint density at radius 3 is 2.28 bits per heavy atom. The Labute approximate surface area is 142 Å². The highest BCUT2D eigenvalue weighted by molar-refractivity contribution is 5.88. The van der Waals surface area contributed by atoms with Crippen LogP contribution in [0.3, 0.4) is 0 Å². The summed E-state index contributed by atoms with van der Waals surface area (Å²) in [7, 11) is 2.10. The van der Waals surface area contributed by atoms with Gasteiger partial charge in [-0.2, -0.15) is 13.2 Å². The summed E-state index contributed by atoms with van der Waals surface area (Å²) >= 11 is 0. The van der Waals surface area contributed by atoms with E-state index in [0.717, 1.165) is 32.2 Å². The molecule has 1 heterocycles. The van der Waals surface area contributed by atoms with Crippen LogP contribution in [0.15, 0.2) is 36.4 Å². The van der Waals surface area contributed by atoms with Crippen molar-refractivity contribution in [3.8, 4) is 0 Å². The summed E-state index contributed by atoms with van der Waals surface area (Å²) in [5, 5.41) is 17.2. The van der Waals surface area contributed by atoms with E-state index in [1.54, 1.807) is 6.07 Å². The average Bonchev–Trinajstić information content (AvgIpc) is 2.53. The van der Waals surface area contributed by atoms with Crippen molar-refractivity contribution in [1.29, 1.82) is 0 Å². The summed E-state index contributed by atoms with van der Waals surface area (Å²) in [6.45, 7) is 3.56. The minimum Gasteiger partial charge on any atom is -0.545 e. The first kappa shape index (κ1) is 20.5. The maximum Gasteiger partial charge on any atom is 0.416 e. The molecule has 1 fully saturated rings. The number of benzene rings is 1. The fourth-order valence-corrected chi connectivity index (χ4v) is 2.16. The van der Waals surface area contributed by atoms with E-state index in [2.05, 4.69) is 7.05 Å². The number of aliphatic carboxylic acids is 2. The highest BCUT2D eigenvalue weighted by Gasteiger charge is 2.31. The van der Waals surface area contributed by atoms with Crippen LogP contribution in [0.2, 0.25) is 0 Å². The molecular weight excluding hydrogens is 341 g/mol. The second-order valence-electron chi connectivity index (χ2n) is 5.48. The van der Waals surface area contributed by atoms with E-state index in [1.807, 2.05) is 4.90 Å². The number of carboxylic acid groups (broad SMARTS) is 2. The van der Waals surface area contributed by atoms with Gasteiger partial charge in [0.1, 0.15) is 0 Å². The van der Waals surface area contributed by atoms with Crippen molar-refractivity contribution in [3.63, 3.8) is 0 Å². The molecule has 0 aromatic heterocycles. The van der Waals surface area contributed by atoms with Crippen LogP contribution in [0.5, 0.6) is 0 Å². The minimum atomic E-state index is -4.26. The number of hydrogen-bond acceptors (Lipinski definition) is 4. The van der Waals surface area contributed by atoms with Crippen molar-refractivity contribution in [3.05, 3.63) is 42.0 Å². The zero-order chi connectivity index (χ0) is 19.0. The number of alkyl halides is 3. The van der Waals surface area contributed by atoms with Gasteiger partial charge in [-0.1, -0.05) is 6.07 Å². The zero-order valence-electron chi connectivity index (χ0n) is 13.5. The Balaban J connectivity index is 0.000000333. The van der Waals surface area contributed by atoms with Gasteiger partial charge in [0.25, 0.3) is 0 Å². The Kier molecular flexibility index (Phi) is 7.43. The normalized spacial score (nSPS) is 15.6. The molecule has 1 aliphatic rings. The molecule has 1 aromatic rings. The minimum absolute atomic E-state index is 0.447. The first-order valence-electron chi connectivity index (χ1n) is 7.45. The monoisotopic (exact) mass is 360 g/mol. The Hall–Kier alpha value is -2.55. The quantitative estimate of drug-likeness (QED) is 0.705. The van der Waals surface area contributed by atoms with Crippen LogP contribution in [0.4, 0.5) is 18.9 Å². The number of quaternary nitrogens is 1. The Bertz CT molecular complexity index is 608. The molecule has 0 aliphatic carbocycles. The summed E-state index contributed by atoms with van der Waals surface area (Å²) < 4.78 is 37.7. The number of carbonyl (C=O) groups is 2. The SMILES string of the molecule is C[NH+]1CCN(c2cccc(C(F)(F)F)c2)CC1.O=C([O-])/C=C\C(=O)O. The fourth-order valence-electron chi connectivity index (χ4n) is 2.16. The van der Waals surface area contributed by atoms with Crippen molar-refractivity contribution < 1.29 is 37.9 Å². The van der Waals surface area contributed by atoms with Gasteiger partial charge in [0, 0.05) is 11.8 Å². The van der Waals surface area contributed by atoms with E-state index in [1.165, 1.54) is 17.0 Å². The predicted molar refractivity (Wildman–Crippen MR) is 82.1 cm³/mol. The van der Waals surface area contributed by atoms with Crippen LogP contribution in [-0.4, -0.2) is 50.3 Å². The van der Waals surface area contributed by atoms with Crippen molar-refractivity contribution in [2.24, 2.45) is 0 Å². The summed E-state index contributed by atoms with van der Waals surface area (Å²) in [4.78, 5) is 22.4. The molecule has 2 rings (SSSR count). The molecule has 0 bridgehead atoms. The number of anilines is 1. The largest absolute Gasteiger partial charge is 0.545 e. The molecule has 1 aliphatic heterocycles. The van der Waals surface area contributed by atoms with E-state index >= 15 is 0 Å². The molecule has 6 nitrogen and oxygen atoms in total. The van der Waals surface area contributed by atoms with Crippen LogP contribution in [0, 0.1) is 0 Å². The second kappa shape index (κ2) is 9.07. The number of nitrogens with zero attached hydrogens (tertiary/aromatic N) is 1. The molecule has 1 saturated heterocycles. The lowest BCUT2D eigenvalue weighted by molar-refractivity contribution is -0.880. The maximum atomic E-state index is 12.6. The summed E-state index contributed by atoms with van der Waals surface area (Å²) in [5.74, 6) is -2.80. The second-order valence-corrected chi connectivity index (χ2v) is 5.48. The van der Waals surface area contributed by atoms with E-state index < -0.39 is 23.7 Å². The third kappa shape index (κ3) is 7.71. The molecule has 0 atom stereocenters. The molecule has 0 unspecified atom stereocenters. The van der Waals surface area contributed by atoms with Gasteiger partial charge in [0.05, 0.1) is 44.8 Å². The van der Waals surface area contributed by atoms with Crippen LogP contribution in [0.25, 0.3) is 0 Å². The molecule has 0 amide bonds. The number of carboxylic acids is 2. The van der Waals surface area contributed by atoms with Crippen molar-refractivity contribution in [2.75, 3.05) is 38.1 Å². The number of rotatable bonds is 3.